The molecule has 0 aliphatic rings. The molecule has 1 atom stereocenters. The van der Waals surface area contributed by atoms with Gasteiger partial charge in [-0.25, -0.2) is 4.39 Å². The molecule has 0 aliphatic carbocycles. The second-order valence-electron chi connectivity index (χ2n) is 7.80. The zero-order valence-electron chi connectivity index (χ0n) is 18.5. The van der Waals surface area contributed by atoms with E-state index in [0.29, 0.717) is 31.1 Å². The SMILES string of the molecule is CC[C@@H](Oc1ccc2ccccc2c1)C(=O)NCc1ccc(OCc2ccc(F)cc2)cc1. The highest BCUT2D eigenvalue weighted by atomic mass is 19.1. The summed E-state index contributed by atoms with van der Waals surface area (Å²) in [5.74, 6) is 0.972. The van der Waals surface area contributed by atoms with Gasteiger partial charge in [-0.1, -0.05) is 61.5 Å². The Balaban J connectivity index is 1.28. The number of hydrogen-bond acceptors (Lipinski definition) is 3. The van der Waals surface area contributed by atoms with Crippen molar-refractivity contribution in [1.82, 2.24) is 5.32 Å². The molecule has 0 aromatic heterocycles. The lowest BCUT2D eigenvalue weighted by Crippen LogP contribution is -2.37. The van der Waals surface area contributed by atoms with Gasteiger partial charge in [-0.05, 0) is 64.7 Å². The van der Waals surface area contributed by atoms with Gasteiger partial charge in [-0.3, -0.25) is 4.79 Å². The van der Waals surface area contributed by atoms with Crippen molar-refractivity contribution in [2.75, 3.05) is 0 Å². The number of carbonyl (C=O) groups excluding carboxylic acids is 1. The van der Waals surface area contributed by atoms with Crippen LogP contribution in [0.15, 0.2) is 91.0 Å². The fraction of sp³-hybridized carbons (Fsp3) is 0.179. The summed E-state index contributed by atoms with van der Waals surface area (Å²) in [6.45, 7) is 2.69. The Bertz CT molecular complexity index is 1210. The molecule has 1 N–H and O–H groups in total. The summed E-state index contributed by atoms with van der Waals surface area (Å²) < 4.78 is 24.7. The molecule has 0 radical (unpaired) electrons. The van der Waals surface area contributed by atoms with Gasteiger partial charge in [-0.15, -0.1) is 0 Å². The van der Waals surface area contributed by atoms with E-state index in [-0.39, 0.29) is 11.7 Å². The molecule has 0 saturated carbocycles. The monoisotopic (exact) mass is 443 g/mol. The van der Waals surface area contributed by atoms with E-state index in [1.165, 1.54) is 12.1 Å². The molecular weight excluding hydrogens is 417 g/mol. The molecule has 168 valence electrons. The lowest BCUT2D eigenvalue weighted by Gasteiger charge is -2.18. The van der Waals surface area contributed by atoms with Crippen LogP contribution in [-0.2, 0) is 17.9 Å². The molecule has 4 nitrogen and oxygen atoms in total. The van der Waals surface area contributed by atoms with Crippen molar-refractivity contribution in [2.24, 2.45) is 0 Å². The van der Waals surface area contributed by atoms with E-state index >= 15 is 0 Å². The molecular formula is C28H26FNO3. The molecule has 4 aromatic carbocycles. The van der Waals surface area contributed by atoms with Gasteiger partial charge in [0, 0.05) is 6.54 Å². The van der Waals surface area contributed by atoms with Crippen molar-refractivity contribution in [2.45, 2.75) is 32.6 Å². The maximum Gasteiger partial charge on any atom is 0.261 e. The van der Waals surface area contributed by atoms with Crippen molar-refractivity contribution < 1.29 is 18.7 Å². The van der Waals surface area contributed by atoms with E-state index in [9.17, 15) is 9.18 Å². The zero-order chi connectivity index (χ0) is 23.0. The van der Waals surface area contributed by atoms with Gasteiger partial charge in [-0.2, -0.15) is 0 Å². The number of nitrogens with one attached hydrogen (secondary N) is 1. The Morgan fingerprint density at radius 3 is 2.24 bits per heavy atom. The van der Waals surface area contributed by atoms with Gasteiger partial charge in [0.25, 0.3) is 5.91 Å². The first-order chi connectivity index (χ1) is 16.1. The van der Waals surface area contributed by atoms with E-state index < -0.39 is 6.10 Å². The number of halogens is 1. The number of carbonyl (C=O) groups is 1. The second-order valence-corrected chi connectivity index (χ2v) is 7.80. The molecule has 0 heterocycles. The summed E-state index contributed by atoms with van der Waals surface area (Å²) in [7, 11) is 0. The highest BCUT2D eigenvalue weighted by Gasteiger charge is 2.18. The number of ether oxygens (including phenoxy) is 2. The van der Waals surface area contributed by atoms with Crippen LogP contribution < -0.4 is 14.8 Å². The predicted molar refractivity (Wildman–Crippen MR) is 128 cm³/mol. The summed E-state index contributed by atoms with van der Waals surface area (Å²) >= 11 is 0. The molecule has 33 heavy (non-hydrogen) atoms. The third kappa shape index (κ3) is 6.10. The summed E-state index contributed by atoms with van der Waals surface area (Å²) in [6.07, 6.45) is -0.000989. The smallest absolute Gasteiger partial charge is 0.261 e. The third-order valence-corrected chi connectivity index (χ3v) is 5.37. The zero-order valence-corrected chi connectivity index (χ0v) is 18.5. The first kappa shape index (κ1) is 22.3. The maximum absolute atomic E-state index is 13.0. The molecule has 1 amide bonds. The minimum absolute atomic E-state index is 0.151. The average molecular weight is 444 g/mol. The van der Waals surface area contributed by atoms with Crippen LogP contribution in [0.25, 0.3) is 10.8 Å². The summed E-state index contributed by atoms with van der Waals surface area (Å²) in [5.41, 5.74) is 1.85. The van der Waals surface area contributed by atoms with Crippen LogP contribution in [0.1, 0.15) is 24.5 Å². The van der Waals surface area contributed by atoms with Gasteiger partial charge in [0.15, 0.2) is 6.10 Å². The van der Waals surface area contributed by atoms with E-state index in [1.807, 2.05) is 73.7 Å². The minimum atomic E-state index is -0.565. The highest BCUT2D eigenvalue weighted by Crippen LogP contribution is 2.22. The molecule has 4 rings (SSSR count). The Labute approximate surface area is 193 Å². The van der Waals surface area contributed by atoms with E-state index in [0.717, 1.165) is 21.9 Å². The number of hydrogen-bond donors (Lipinski definition) is 1. The number of fused-ring (bicyclic) bond motifs is 1. The Morgan fingerprint density at radius 1 is 0.848 bits per heavy atom. The lowest BCUT2D eigenvalue weighted by molar-refractivity contribution is -0.128. The Kier molecular flexibility index (Phi) is 7.20. The third-order valence-electron chi connectivity index (χ3n) is 5.37. The largest absolute Gasteiger partial charge is 0.489 e. The standard InChI is InChI=1S/C28H26FNO3/c1-2-27(33-26-16-11-22-5-3-4-6-23(22)17-26)28(31)30-18-20-9-14-25(15-10-20)32-19-21-7-12-24(29)13-8-21/h3-17,27H,2,18-19H2,1H3,(H,30,31)/t27-/m1/s1. The van der Waals surface area contributed by atoms with Crippen molar-refractivity contribution in [1.29, 1.82) is 0 Å². The molecule has 0 unspecified atom stereocenters. The highest BCUT2D eigenvalue weighted by molar-refractivity contribution is 5.84. The van der Waals surface area contributed by atoms with Gasteiger partial charge < -0.3 is 14.8 Å². The number of benzene rings is 4. The van der Waals surface area contributed by atoms with Gasteiger partial charge in [0.05, 0.1) is 0 Å². The van der Waals surface area contributed by atoms with Crippen LogP contribution in [0.4, 0.5) is 4.39 Å². The molecule has 4 aromatic rings. The summed E-state index contributed by atoms with van der Waals surface area (Å²) in [5, 5.41) is 5.16. The number of amides is 1. The van der Waals surface area contributed by atoms with Crippen molar-refractivity contribution >= 4 is 16.7 Å². The molecule has 0 spiro atoms. The van der Waals surface area contributed by atoms with Gasteiger partial charge in [0.2, 0.25) is 0 Å². The van der Waals surface area contributed by atoms with E-state index in [4.69, 9.17) is 9.47 Å². The van der Waals surface area contributed by atoms with Crippen LogP contribution in [0.5, 0.6) is 11.5 Å². The van der Waals surface area contributed by atoms with Crippen LogP contribution >= 0.6 is 0 Å². The predicted octanol–water partition coefficient (Wildman–Crippen LogP) is 6.03. The van der Waals surface area contributed by atoms with E-state index in [1.54, 1.807) is 12.1 Å². The minimum Gasteiger partial charge on any atom is -0.489 e. The average Bonchev–Trinajstić information content (AvgIpc) is 2.86. The summed E-state index contributed by atoms with van der Waals surface area (Å²) in [6, 6.07) is 27.6. The fourth-order valence-electron chi connectivity index (χ4n) is 3.48. The quantitative estimate of drug-likeness (QED) is 0.344. The van der Waals surface area contributed by atoms with Crippen LogP contribution in [0, 0.1) is 5.82 Å². The fourth-order valence-corrected chi connectivity index (χ4v) is 3.48. The number of rotatable bonds is 9. The molecule has 0 aliphatic heterocycles. The van der Waals surface area contributed by atoms with Crippen LogP contribution in [-0.4, -0.2) is 12.0 Å². The van der Waals surface area contributed by atoms with Crippen molar-refractivity contribution in [3.63, 3.8) is 0 Å². The maximum atomic E-state index is 13.0. The van der Waals surface area contributed by atoms with Crippen LogP contribution in [0.3, 0.4) is 0 Å². The first-order valence-corrected chi connectivity index (χ1v) is 11.0. The topological polar surface area (TPSA) is 47.6 Å². The Morgan fingerprint density at radius 2 is 1.52 bits per heavy atom. The van der Waals surface area contributed by atoms with E-state index in [2.05, 4.69) is 5.32 Å². The molecule has 0 bridgehead atoms. The second kappa shape index (κ2) is 10.6. The molecule has 0 fully saturated rings. The Hall–Kier alpha value is -3.86. The van der Waals surface area contributed by atoms with Gasteiger partial charge in [0.1, 0.15) is 23.9 Å². The normalized spacial score (nSPS) is 11.7. The first-order valence-electron chi connectivity index (χ1n) is 11.0. The van der Waals surface area contributed by atoms with Crippen LogP contribution in [0.2, 0.25) is 0 Å². The van der Waals surface area contributed by atoms with Crippen molar-refractivity contribution in [3.8, 4) is 11.5 Å². The van der Waals surface area contributed by atoms with Crippen molar-refractivity contribution in [3.05, 3.63) is 108 Å². The lowest BCUT2D eigenvalue weighted by atomic mass is 10.1. The van der Waals surface area contributed by atoms with Gasteiger partial charge >= 0.3 is 0 Å². The molecule has 5 heteroatoms. The summed E-state index contributed by atoms with van der Waals surface area (Å²) in [4.78, 5) is 12.7. The molecule has 0 saturated heterocycles.